The van der Waals surface area contributed by atoms with Crippen LogP contribution < -0.4 is 0 Å². The van der Waals surface area contributed by atoms with Crippen molar-refractivity contribution >= 4 is 0 Å². The first-order valence-corrected chi connectivity index (χ1v) is 9.27. The lowest BCUT2D eigenvalue weighted by Gasteiger charge is -2.37. The second-order valence-corrected chi connectivity index (χ2v) is 7.57. The average molecular weight is 345 g/mol. The first kappa shape index (κ1) is 16.7. The summed E-state index contributed by atoms with van der Waals surface area (Å²) in [7, 11) is 2.19. The lowest BCUT2D eigenvalue weighted by atomic mass is 10.0. The summed E-state index contributed by atoms with van der Waals surface area (Å²) in [4.78, 5) is 9.43. The van der Waals surface area contributed by atoms with Crippen LogP contribution in [0.3, 0.4) is 0 Å². The lowest BCUT2D eigenvalue weighted by Crippen LogP contribution is -2.46. The van der Waals surface area contributed by atoms with Gasteiger partial charge in [-0.25, -0.2) is 0 Å². The quantitative estimate of drug-likeness (QED) is 0.797. The Kier molecular flexibility index (Phi) is 4.60. The zero-order chi connectivity index (χ0) is 17.4. The van der Waals surface area contributed by atoms with Crippen molar-refractivity contribution in [3.05, 3.63) is 28.7 Å². The van der Waals surface area contributed by atoms with Crippen LogP contribution in [0, 0.1) is 13.8 Å². The van der Waals surface area contributed by atoms with E-state index in [0.717, 1.165) is 49.3 Å². The van der Waals surface area contributed by atoms with Gasteiger partial charge >= 0.3 is 0 Å². The highest BCUT2D eigenvalue weighted by Gasteiger charge is 2.30. The first-order chi connectivity index (χ1) is 12.1. The number of rotatable bonds is 6. The highest BCUT2D eigenvalue weighted by molar-refractivity contribution is 5.20. The second kappa shape index (κ2) is 6.88. The minimum atomic E-state index is 0.525. The van der Waals surface area contributed by atoms with E-state index in [2.05, 4.69) is 32.1 Å². The third kappa shape index (κ3) is 3.77. The molecular formula is C18H27N5O2. The molecule has 0 N–H and O–H groups in total. The molecule has 2 aromatic heterocycles. The summed E-state index contributed by atoms with van der Waals surface area (Å²) in [6, 6.07) is 0.525. The molecular weight excluding hydrogens is 318 g/mol. The minimum absolute atomic E-state index is 0.525. The van der Waals surface area contributed by atoms with Crippen molar-refractivity contribution in [3.63, 3.8) is 0 Å². The van der Waals surface area contributed by atoms with Gasteiger partial charge in [0.2, 0.25) is 5.89 Å². The number of hydrogen-bond donors (Lipinski definition) is 0. The van der Waals surface area contributed by atoms with E-state index in [4.69, 9.17) is 9.05 Å². The highest BCUT2D eigenvalue weighted by Crippen LogP contribution is 2.38. The molecule has 4 rings (SSSR count). The van der Waals surface area contributed by atoms with Gasteiger partial charge in [-0.05, 0) is 53.1 Å². The van der Waals surface area contributed by atoms with Crippen molar-refractivity contribution in [1.29, 1.82) is 0 Å². The normalized spacial score (nSPS) is 22.0. The van der Waals surface area contributed by atoms with Crippen LogP contribution >= 0.6 is 0 Å². The zero-order valence-electron chi connectivity index (χ0n) is 15.4. The number of hydrogen-bond acceptors (Lipinski definition) is 7. The van der Waals surface area contributed by atoms with Crippen LogP contribution in [0.25, 0.3) is 0 Å². The highest BCUT2D eigenvalue weighted by atomic mass is 16.5. The number of likely N-dealkylation sites (tertiary alicyclic amines) is 1. The largest absolute Gasteiger partial charge is 0.361 e. The van der Waals surface area contributed by atoms with Gasteiger partial charge in [-0.2, -0.15) is 4.98 Å². The Labute approximate surface area is 148 Å². The first-order valence-electron chi connectivity index (χ1n) is 9.27. The Balaban J connectivity index is 1.35. The van der Waals surface area contributed by atoms with E-state index in [9.17, 15) is 0 Å². The molecule has 7 heteroatoms. The topological polar surface area (TPSA) is 71.4 Å². The predicted molar refractivity (Wildman–Crippen MR) is 92.0 cm³/mol. The Bertz CT molecular complexity index is 701. The van der Waals surface area contributed by atoms with E-state index in [1.165, 1.54) is 31.2 Å². The van der Waals surface area contributed by atoms with E-state index >= 15 is 0 Å². The minimum Gasteiger partial charge on any atom is -0.361 e. The van der Waals surface area contributed by atoms with Crippen LogP contribution in [0.4, 0.5) is 0 Å². The van der Waals surface area contributed by atoms with Crippen molar-refractivity contribution in [2.45, 2.75) is 64.6 Å². The van der Waals surface area contributed by atoms with E-state index in [-0.39, 0.29) is 0 Å². The molecule has 0 amide bonds. The number of piperidine rings is 1. The van der Waals surface area contributed by atoms with Gasteiger partial charge in [0.1, 0.15) is 5.76 Å². The molecule has 3 heterocycles. The number of likely N-dealkylation sites (N-methyl/N-ethyl adjacent to an activating group) is 1. The SMILES string of the molecule is Cc1noc(C)c1CN(C)[C@@H]1CCCN(Cc2noc(C3CC3)n2)C1. The molecule has 0 bridgehead atoms. The fourth-order valence-corrected chi connectivity index (χ4v) is 3.67. The van der Waals surface area contributed by atoms with Gasteiger partial charge in [-0.15, -0.1) is 0 Å². The maximum Gasteiger partial charge on any atom is 0.229 e. The summed E-state index contributed by atoms with van der Waals surface area (Å²) in [5.41, 5.74) is 2.21. The molecule has 136 valence electrons. The molecule has 0 unspecified atom stereocenters. The Hall–Kier alpha value is -1.73. The Morgan fingerprint density at radius 1 is 1.16 bits per heavy atom. The summed E-state index contributed by atoms with van der Waals surface area (Å²) >= 11 is 0. The smallest absolute Gasteiger partial charge is 0.229 e. The second-order valence-electron chi connectivity index (χ2n) is 7.57. The molecule has 2 aliphatic rings. The lowest BCUT2D eigenvalue weighted by molar-refractivity contribution is 0.104. The third-order valence-corrected chi connectivity index (χ3v) is 5.47. The van der Waals surface area contributed by atoms with Gasteiger partial charge in [0.15, 0.2) is 5.82 Å². The zero-order valence-corrected chi connectivity index (χ0v) is 15.4. The molecule has 0 spiro atoms. The molecule has 25 heavy (non-hydrogen) atoms. The standard InChI is InChI=1S/C18H27N5O2/c1-12-16(13(2)24-20-12)10-22(3)15-5-4-8-23(9-15)11-17-19-18(25-21-17)14-6-7-14/h14-15H,4-11H2,1-3H3/t15-/m1/s1. The van der Waals surface area contributed by atoms with Crippen molar-refractivity contribution < 1.29 is 9.05 Å². The van der Waals surface area contributed by atoms with Crippen LogP contribution in [-0.4, -0.2) is 51.3 Å². The van der Waals surface area contributed by atoms with Gasteiger partial charge in [0.05, 0.1) is 12.2 Å². The van der Waals surface area contributed by atoms with Crippen LogP contribution in [0.15, 0.2) is 9.05 Å². The molecule has 2 fully saturated rings. The summed E-state index contributed by atoms with van der Waals surface area (Å²) in [6.45, 7) is 7.81. The number of aromatic nitrogens is 3. The fourth-order valence-electron chi connectivity index (χ4n) is 3.67. The average Bonchev–Trinajstić information content (AvgIpc) is 3.29. The Morgan fingerprint density at radius 2 is 2.00 bits per heavy atom. The monoisotopic (exact) mass is 345 g/mol. The van der Waals surface area contributed by atoms with Crippen molar-refractivity contribution in [3.8, 4) is 0 Å². The molecule has 7 nitrogen and oxygen atoms in total. The molecule has 1 aliphatic carbocycles. The molecule has 1 atom stereocenters. The summed E-state index contributed by atoms with van der Waals surface area (Å²) in [6.07, 6.45) is 4.81. The van der Waals surface area contributed by atoms with Crippen molar-refractivity contribution in [1.82, 2.24) is 25.1 Å². The number of aryl methyl sites for hydroxylation is 2. The molecule has 0 aromatic carbocycles. The van der Waals surface area contributed by atoms with Crippen LogP contribution in [0.2, 0.25) is 0 Å². The maximum atomic E-state index is 5.39. The van der Waals surface area contributed by atoms with Crippen LogP contribution in [-0.2, 0) is 13.1 Å². The van der Waals surface area contributed by atoms with Crippen molar-refractivity contribution in [2.75, 3.05) is 20.1 Å². The fraction of sp³-hybridized carbons (Fsp3) is 0.722. The summed E-state index contributed by atoms with van der Waals surface area (Å²) < 4.78 is 10.7. The van der Waals surface area contributed by atoms with Crippen LogP contribution in [0.5, 0.6) is 0 Å². The number of nitrogens with zero attached hydrogens (tertiary/aromatic N) is 5. The molecule has 1 saturated heterocycles. The predicted octanol–water partition coefficient (Wildman–Crippen LogP) is 2.65. The maximum absolute atomic E-state index is 5.39. The summed E-state index contributed by atoms with van der Waals surface area (Å²) in [5.74, 6) is 3.11. The van der Waals surface area contributed by atoms with E-state index in [0.29, 0.717) is 12.0 Å². The van der Waals surface area contributed by atoms with Crippen molar-refractivity contribution in [2.24, 2.45) is 0 Å². The summed E-state index contributed by atoms with van der Waals surface area (Å²) in [5, 5.41) is 8.23. The van der Waals surface area contributed by atoms with E-state index in [1.807, 2.05) is 13.8 Å². The van der Waals surface area contributed by atoms with Gasteiger partial charge in [-0.1, -0.05) is 10.3 Å². The third-order valence-electron chi connectivity index (χ3n) is 5.47. The van der Waals surface area contributed by atoms with Crippen LogP contribution in [0.1, 0.15) is 60.3 Å². The van der Waals surface area contributed by atoms with Gasteiger partial charge in [-0.3, -0.25) is 9.80 Å². The van der Waals surface area contributed by atoms with E-state index < -0.39 is 0 Å². The molecule has 0 radical (unpaired) electrons. The van der Waals surface area contributed by atoms with Gasteiger partial charge in [0, 0.05) is 30.6 Å². The molecule has 1 saturated carbocycles. The van der Waals surface area contributed by atoms with Gasteiger partial charge in [0.25, 0.3) is 0 Å². The van der Waals surface area contributed by atoms with E-state index in [1.54, 1.807) is 0 Å². The molecule has 2 aromatic rings. The molecule has 1 aliphatic heterocycles. The Morgan fingerprint density at radius 3 is 2.72 bits per heavy atom. The van der Waals surface area contributed by atoms with Gasteiger partial charge < -0.3 is 9.05 Å².